The summed E-state index contributed by atoms with van der Waals surface area (Å²) in [6.45, 7) is 0.491. The maximum absolute atomic E-state index is 13.6. The molecule has 116 valence electrons. The van der Waals surface area contributed by atoms with E-state index in [0.29, 0.717) is 6.54 Å². The summed E-state index contributed by atoms with van der Waals surface area (Å²) in [4.78, 5) is 16.2. The molecule has 0 radical (unpaired) electrons. The highest BCUT2D eigenvalue weighted by atomic mass is 19.1. The number of anilines is 2. The Labute approximate surface area is 132 Å². The first kappa shape index (κ1) is 14.8. The Kier molecular flexibility index (Phi) is 4.33. The quantitative estimate of drug-likeness (QED) is 0.754. The molecule has 0 spiro atoms. The maximum Gasteiger partial charge on any atom is 0.274 e. The second-order valence-electron chi connectivity index (χ2n) is 4.80. The number of halogens is 1. The highest BCUT2D eigenvalue weighted by molar-refractivity contribution is 6.03. The Bertz CT molecular complexity index is 803. The molecule has 1 aromatic carbocycles. The van der Waals surface area contributed by atoms with Crippen LogP contribution in [0.1, 0.15) is 16.2 Å². The van der Waals surface area contributed by atoms with Crippen LogP contribution in [0.5, 0.6) is 0 Å². The number of carbonyl (C=O) groups excluding carboxylic acids is 1. The predicted molar refractivity (Wildman–Crippen MR) is 84.6 cm³/mol. The lowest BCUT2D eigenvalue weighted by Gasteiger charge is -2.08. The molecule has 6 heteroatoms. The number of carbonyl (C=O) groups is 1. The Morgan fingerprint density at radius 2 is 2.04 bits per heavy atom. The number of rotatable bonds is 5. The topological polar surface area (TPSA) is 67.2 Å². The van der Waals surface area contributed by atoms with E-state index in [4.69, 9.17) is 4.42 Å². The standard InChI is InChI=1S/C17H14FN3O2/c18-14-5-1-2-6-15(14)21-17(22)16-10-12(7-8-19-16)20-11-13-4-3-9-23-13/h1-10H,11H2,(H,19,20)(H,21,22). The molecular weight excluding hydrogens is 297 g/mol. The number of hydrogen-bond acceptors (Lipinski definition) is 4. The van der Waals surface area contributed by atoms with Gasteiger partial charge in [-0.05, 0) is 36.4 Å². The second kappa shape index (κ2) is 6.74. The van der Waals surface area contributed by atoms with Gasteiger partial charge in [0.1, 0.15) is 17.3 Å². The van der Waals surface area contributed by atoms with Crippen molar-refractivity contribution < 1.29 is 13.6 Å². The van der Waals surface area contributed by atoms with E-state index in [-0.39, 0.29) is 11.4 Å². The van der Waals surface area contributed by atoms with E-state index < -0.39 is 11.7 Å². The monoisotopic (exact) mass is 311 g/mol. The number of benzene rings is 1. The van der Waals surface area contributed by atoms with Crippen molar-refractivity contribution in [3.05, 3.63) is 78.3 Å². The molecule has 0 atom stereocenters. The van der Waals surface area contributed by atoms with Crippen LogP contribution in [0.2, 0.25) is 0 Å². The molecule has 2 heterocycles. The van der Waals surface area contributed by atoms with Gasteiger partial charge < -0.3 is 15.1 Å². The zero-order valence-corrected chi connectivity index (χ0v) is 12.1. The molecule has 1 amide bonds. The third kappa shape index (κ3) is 3.74. The van der Waals surface area contributed by atoms with Crippen molar-refractivity contribution in [2.75, 3.05) is 10.6 Å². The second-order valence-corrected chi connectivity index (χ2v) is 4.80. The number of hydrogen-bond donors (Lipinski definition) is 2. The number of furan rings is 1. The summed E-state index contributed by atoms with van der Waals surface area (Å²) in [5.74, 6) is -0.191. The van der Waals surface area contributed by atoms with Gasteiger partial charge in [0.25, 0.3) is 5.91 Å². The van der Waals surface area contributed by atoms with Gasteiger partial charge >= 0.3 is 0 Å². The van der Waals surface area contributed by atoms with Crippen LogP contribution in [0.15, 0.2) is 65.4 Å². The molecule has 0 saturated heterocycles. The van der Waals surface area contributed by atoms with Crippen LogP contribution < -0.4 is 10.6 Å². The summed E-state index contributed by atoms with van der Waals surface area (Å²) in [7, 11) is 0. The summed E-state index contributed by atoms with van der Waals surface area (Å²) in [5.41, 5.74) is 1.03. The first-order valence-corrected chi connectivity index (χ1v) is 7.00. The van der Waals surface area contributed by atoms with E-state index in [9.17, 15) is 9.18 Å². The molecule has 0 aliphatic heterocycles. The minimum atomic E-state index is -0.493. The van der Waals surface area contributed by atoms with Crippen molar-refractivity contribution in [3.8, 4) is 0 Å². The van der Waals surface area contributed by atoms with Gasteiger partial charge in [0, 0.05) is 11.9 Å². The number of para-hydroxylation sites is 1. The molecular formula is C17H14FN3O2. The number of nitrogens with zero attached hydrogens (tertiary/aromatic N) is 1. The zero-order valence-electron chi connectivity index (χ0n) is 12.1. The third-order valence-corrected chi connectivity index (χ3v) is 3.16. The highest BCUT2D eigenvalue weighted by Crippen LogP contribution is 2.15. The molecule has 0 aliphatic rings. The lowest BCUT2D eigenvalue weighted by molar-refractivity contribution is 0.102. The number of amides is 1. The molecule has 2 N–H and O–H groups in total. The van der Waals surface area contributed by atoms with Crippen molar-refractivity contribution in [2.24, 2.45) is 0 Å². The van der Waals surface area contributed by atoms with Crippen LogP contribution in [0.3, 0.4) is 0 Å². The van der Waals surface area contributed by atoms with Crippen LogP contribution in [0.25, 0.3) is 0 Å². The fourth-order valence-electron chi connectivity index (χ4n) is 2.02. The lowest BCUT2D eigenvalue weighted by Crippen LogP contribution is -2.15. The van der Waals surface area contributed by atoms with Gasteiger partial charge in [0.05, 0.1) is 18.5 Å². The number of aromatic nitrogens is 1. The molecule has 0 saturated carbocycles. The van der Waals surface area contributed by atoms with Crippen LogP contribution in [0.4, 0.5) is 15.8 Å². The summed E-state index contributed by atoms with van der Waals surface area (Å²) < 4.78 is 18.8. The molecule has 23 heavy (non-hydrogen) atoms. The first-order chi connectivity index (χ1) is 11.2. The summed E-state index contributed by atoms with van der Waals surface area (Å²) in [6.07, 6.45) is 3.11. The van der Waals surface area contributed by atoms with Gasteiger partial charge in [-0.15, -0.1) is 0 Å². The van der Waals surface area contributed by atoms with E-state index in [1.165, 1.54) is 18.3 Å². The lowest BCUT2D eigenvalue weighted by atomic mass is 10.2. The molecule has 2 aromatic heterocycles. The Hall–Kier alpha value is -3.15. The van der Waals surface area contributed by atoms with Crippen molar-refractivity contribution in [1.29, 1.82) is 0 Å². The Balaban J connectivity index is 1.69. The van der Waals surface area contributed by atoms with E-state index in [0.717, 1.165) is 11.4 Å². The van der Waals surface area contributed by atoms with Gasteiger partial charge in [0.2, 0.25) is 0 Å². The van der Waals surface area contributed by atoms with Crippen molar-refractivity contribution in [1.82, 2.24) is 4.98 Å². The fourth-order valence-corrected chi connectivity index (χ4v) is 2.02. The highest BCUT2D eigenvalue weighted by Gasteiger charge is 2.11. The summed E-state index contributed by atoms with van der Waals surface area (Å²) >= 11 is 0. The van der Waals surface area contributed by atoms with Gasteiger partial charge in [-0.25, -0.2) is 4.39 Å². The molecule has 3 rings (SSSR count). The van der Waals surface area contributed by atoms with Crippen molar-refractivity contribution in [3.63, 3.8) is 0 Å². The Morgan fingerprint density at radius 1 is 1.17 bits per heavy atom. The maximum atomic E-state index is 13.6. The van der Waals surface area contributed by atoms with Crippen LogP contribution >= 0.6 is 0 Å². The normalized spacial score (nSPS) is 10.3. The van der Waals surface area contributed by atoms with Gasteiger partial charge in [-0.1, -0.05) is 12.1 Å². The zero-order chi connectivity index (χ0) is 16.1. The molecule has 0 fully saturated rings. The minimum Gasteiger partial charge on any atom is -0.467 e. The molecule has 3 aromatic rings. The third-order valence-electron chi connectivity index (χ3n) is 3.16. The van der Waals surface area contributed by atoms with Crippen LogP contribution in [0, 0.1) is 5.82 Å². The van der Waals surface area contributed by atoms with Crippen molar-refractivity contribution in [2.45, 2.75) is 6.54 Å². The van der Waals surface area contributed by atoms with Gasteiger partial charge in [0.15, 0.2) is 0 Å². The SMILES string of the molecule is O=C(Nc1ccccc1F)c1cc(NCc2ccco2)ccn1. The largest absolute Gasteiger partial charge is 0.467 e. The van der Waals surface area contributed by atoms with Crippen molar-refractivity contribution >= 4 is 17.3 Å². The van der Waals surface area contributed by atoms with E-state index in [2.05, 4.69) is 15.6 Å². The van der Waals surface area contributed by atoms with E-state index in [1.54, 1.807) is 36.6 Å². The summed E-state index contributed by atoms with van der Waals surface area (Å²) in [5, 5.41) is 5.63. The predicted octanol–water partition coefficient (Wildman–Crippen LogP) is 3.68. The Morgan fingerprint density at radius 3 is 2.83 bits per heavy atom. The fraction of sp³-hybridized carbons (Fsp3) is 0.0588. The average molecular weight is 311 g/mol. The van der Waals surface area contributed by atoms with Gasteiger partial charge in [-0.2, -0.15) is 0 Å². The first-order valence-electron chi connectivity index (χ1n) is 7.00. The summed E-state index contributed by atoms with van der Waals surface area (Å²) in [6, 6.07) is 13.0. The van der Waals surface area contributed by atoms with E-state index >= 15 is 0 Å². The molecule has 0 aliphatic carbocycles. The number of nitrogens with one attached hydrogen (secondary N) is 2. The smallest absolute Gasteiger partial charge is 0.274 e. The van der Waals surface area contributed by atoms with Gasteiger partial charge in [-0.3, -0.25) is 9.78 Å². The van der Waals surface area contributed by atoms with Crippen LogP contribution in [-0.2, 0) is 6.54 Å². The minimum absolute atomic E-state index is 0.119. The molecule has 0 bridgehead atoms. The average Bonchev–Trinajstić information content (AvgIpc) is 3.09. The molecule has 5 nitrogen and oxygen atoms in total. The van der Waals surface area contributed by atoms with Crippen LogP contribution in [-0.4, -0.2) is 10.9 Å². The number of pyridine rings is 1. The molecule has 0 unspecified atom stereocenters. The van der Waals surface area contributed by atoms with E-state index in [1.807, 2.05) is 6.07 Å².